The summed E-state index contributed by atoms with van der Waals surface area (Å²) in [6, 6.07) is 7.30. The molecule has 6 rings (SSSR count). The second-order valence-electron chi connectivity index (χ2n) is 12.0. The zero-order chi connectivity index (χ0) is 31.9. The molecule has 45 heavy (non-hydrogen) atoms. The number of fused-ring (bicyclic) bond motifs is 3. The summed E-state index contributed by atoms with van der Waals surface area (Å²) in [4.78, 5) is 19.7. The fraction of sp³-hybridized carbons (Fsp3) is 0.516. The van der Waals surface area contributed by atoms with E-state index >= 15 is 0 Å². The second-order valence-corrected chi connectivity index (χ2v) is 12.0. The molecule has 0 aliphatic carbocycles. The smallest absolute Gasteiger partial charge is 0.422 e. The van der Waals surface area contributed by atoms with Crippen LogP contribution in [0.4, 0.5) is 40.8 Å². The molecule has 0 spiro atoms. The Labute approximate surface area is 258 Å². The number of alkyl halides is 4. The van der Waals surface area contributed by atoms with Crippen molar-refractivity contribution in [1.29, 1.82) is 0 Å². The van der Waals surface area contributed by atoms with Gasteiger partial charge in [0.2, 0.25) is 5.95 Å². The number of likely N-dealkylation sites (N-methyl/N-ethyl adjacent to an activating group) is 1. The number of pyridine rings is 1. The summed E-state index contributed by atoms with van der Waals surface area (Å²) in [5.74, 6) is 1.55. The number of methoxy groups -OCH3 is 1. The predicted molar refractivity (Wildman–Crippen MR) is 167 cm³/mol. The highest BCUT2D eigenvalue weighted by atomic mass is 19.4. The van der Waals surface area contributed by atoms with Gasteiger partial charge in [-0.2, -0.15) is 18.2 Å². The molecule has 2 atom stereocenters. The van der Waals surface area contributed by atoms with E-state index in [1.807, 2.05) is 26.0 Å². The first-order valence-electron chi connectivity index (χ1n) is 15.1. The summed E-state index contributed by atoms with van der Waals surface area (Å²) in [6.07, 6.45) is -2.28. The lowest BCUT2D eigenvalue weighted by atomic mass is 10.1. The van der Waals surface area contributed by atoms with Crippen molar-refractivity contribution in [3.8, 4) is 5.75 Å². The number of halogens is 4. The third-order valence-electron chi connectivity index (χ3n) is 8.48. The van der Waals surface area contributed by atoms with E-state index in [9.17, 15) is 17.6 Å². The summed E-state index contributed by atoms with van der Waals surface area (Å²) < 4.78 is 67.4. The molecule has 0 radical (unpaired) electrons. The summed E-state index contributed by atoms with van der Waals surface area (Å²) in [5, 5.41) is 4.50. The van der Waals surface area contributed by atoms with Gasteiger partial charge in [-0.05, 0) is 39.4 Å². The SMILES string of the molecule is CO[C@@H]1CCN(c2nccc(Nc3cc4c(cn3)c3c(OCC(F)(F)F)cc(N5CCN(C)CC5)cc3n4C(C)C)n2)C[C@@H]1F. The van der Waals surface area contributed by atoms with Crippen LogP contribution in [0, 0.1) is 0 Å². The van der Waals surface area contributed by atoms with Crippen LogP contribution in [0.15, 0.2) is 36.7 Å². The Balaban J connectivity index is 1.37. The molecule has 3 aromatic heterocycles. The van der Waals surface area contributed by atoms with E-state index in [0.717, 1.165) is 42.9 Å². The molecule has 0 unspecified atom stereocenters. The lowest BCUT2D eigenvalue weighted by Gasteiger charge is -2.34. The average molecular weight is 631 g/mol. The van der Waals surface area contributed by atoms with E-state index in [2.05, 4.69) is 41.7 Å². The van der Waals surface area contributed by atoms with Crippen LogP contribution in [-0.4, -0.2) is 103 Å². The van der Waals surface area contributed by atoms with Crippen LogP contribution in [0.2, 0.25) is 0 Å². The van der Waals surface area contributed by atoms with Gasteiger partial charge < -0.3 is 34.1 Å². The number of piperazine rings is 1. The Bertz CT molecular complexity index is 1650. The fourth-order valence-corrected chi connectivity index (χ4v) is 6.19. The van der Waals surface area contributed by atoms with Crippen LogP contribution in [0.1, 0.15) is 26.3 Å². The van der Waals surface area contributed by atoms with E-state index < -0.39 is 25.1 Å². The highest BCUT2D eigenvalue weighted by molar-refractivity contribution is 6.12. The lowest BCUT2D eigenvalue weighted by molar-refractivity contribution is -0.153. The Hall–Kier alpha value is -3.91. The van der Waals surface area contributed by atoms with E-state index in [-0.39, 0.29) is 18.3 Å². The van der Waals surface area contributed by atoms with E-state index in [0.29, 0.717) is 41.3 Å². The number of nitrogens with one attached hydrogen (secondary N) is 1. The first-order valence-corrected chi connectivity index (χ1v) is 15.1. The molecule has 5 heterocycles. The van der Waals surface area contributed by atoms with E-state index in [4.69, 9.17) is 9.47 Å². The van der Waals surface area contributed by atoms with Gasteiger partial charge in [0.25, 0.3) is 0 Å². The average Bonchev–Trinajstić information content (AvgIpc) is 3.34. The largest absolute Gasteiger partial charge is 0.483 e. The summed E-state index contributed by atoms with van der Waals surface area (Å²) in [6.45, 7) is 6.61. The van der Waals surface area contributed by atoms with E-state index in [1.165, 1.54) is 7.11 Å². The third kappa shape index (κ3) is 6.57. The standard InChI is InChI=1S/C31H38F4N8O2/c1-19(2)43-23-15-28(38-27-5-7-36-30(39-27)42-8-6-25(44-4)22(32)17-42)37-16-21(23)29-24(43)13-20(41-11-9-40(3)10-12-41)14-26(29)45-18-31(33,34)35/h5,7,13-16,19,22,25H,6,8-12,17-18H2,1-4H3,(H,36,37,38,39)/t22-,25+/m0/s1. The number of nitrogens with zero attached hydrogens (tertiary/aromatic N) is 7. The number of piperidine rings is 1. The van der Waals surface area contributed by atoms with Gasteiger partial charge in [0, 0.05) is 81.5 Å². The van der Waals surface area contributed by atoms with Crippen LogP contribution in [0.25, 0.3) is 21.8 Å². The Morgan fingerprint density at radius 3 is 2.47 bits per heavy atom. The van der Waals surface area contributed by atoms with Crippen molar-refractivity contribution in [2.24, 2.45) is 0 Å². The van der Waals surface area contributed by atoms with Crippen molar-refractivity contribution < 1.29 is 27.0 Å². The topological polar surface area (TPSA) is 83.8 Å². The van der Waals surface area contributed by atoms with Crippen molar-refractivity contribution in [2.75, 3.05) is 75.1 Å². The van der Waals surface area contributed by atoms with Crippen molar-refractivity contribution in [2.45, 2.75) is 44.8 Å². The zero-order valence-corrected chi connectivity index (χ0v) is 25.8. The maximum Gasteiger partial charge on any atom is 0.422 e. The highest BCUT2D eigenvalue weighted by Gasteiger charge is 2.31. The minimum atomic E-state index is -4.48. The second kappa shape index (κ2) is 12.5. The van der Waals surface area contributed by atoms with Gasteiger partial charge in [-0.1, -0.05) is 0 Å². The van der Waals surface area contributed by atoms with Gasteiger partial charge in [0.05, 0.1) is 29.1 Å². The molecule has 0 bridgehead atoms. The van der Waals surface area contributed by atoms with Gasteiger partial charge >= 0.3 is 6.18 Å². The molecule has 1 aromatic carbocycles. The molecule has 2 aliphatic rings. The van der Waals surface area contributed by atoms with Gasteiger partial charge in [-0.3, -0.25) is 0 Å². The molecule has 0 amide bonds. The van der Waals surface area contributed by atoms with Crippen molar-refractivity contribution in [1.82, 2.24) is 24.4 Å². The number of rotatable bonds is 8. The van der Waals surface area contributed by atoms with Crippen molar-refractivity contribution in [3.63, 3.8) is 0 Å². The molecular weight excluding hydrogens is 592 g/mol. The molecule has 2 aliphatic heterocycles. The fourth-order valence-electron chi connectivity index (χ4n) is 6.19. The van der Waals surface area contributed by atoms with Gasteiger partial charge in [-0.15, -0.1) is 0 Å². The molecule has 242 valence electrons. The lowest BCUT2D eigenvalue weighted by Crippen LogP contribution is -2.46. The Morgan fingerprint density at radius 2 is 1.78 bits per heavy atom. The normalized spacial score (nSPS) is 20.0. The van der Waals surface area contributed by atoms with Gasteiger partial charge in [0.15, 0.2) is 6.61 Å². The van der Waals surface area contributed by atoms with E-state index in [1.54, 1.807) is 29.4 Å². The summed E-state index contributed by atoms with van der Waals surface area (Å²) >= 11 is 0. The quantitative estimate of drug-likeness (QED) is 0.252. The molecule has 10 nitrogen and oxygen atoms in total. The monoisotopic (exact) mass is 630 g/mol. The first kappa shape index (κ1) is 31.1. The Kier molecular flexibility index (Phi) is 8.61. The number of hydrogen-bond acceptors (Lipinski definition) is 9. The van der Waals surface area contributed by atoms with Crippen LogP contribution in [0.5, 0.6) is 5.75 Å². The van der Waals surface area contributed by atoms with Crippen molar-refractivity contribution in [3.05, 3.63) is 36.7 Å². The van der Waals surface area contributed by atoms with Crippen LogP contribution < -0.4 is 19.9 Å². The highest BCUT2D eigenvalue weighted by Crippen LogP contribution is 2.42. The Morgan fingerprint density at radius 1 is 1.00 bits per heavy atom. The van der Waals surface area contributed by atoms with Crippen molar-refractivity contribution >= 4 is 45.1 Å². The molecule has 14 heteroatoms. The zero-order valence-electron chi connectivity index (χ0n) is 25.8. The predicted octanol–water partition coefficient (Wildman–Crippen LogP) is 5.56. The summed E-state index contributed by atoms with van der Waals surface area (Å²) in [5.41, 5.74) is 2.39. The number of ether oxygens (including phenoxy) is 2. The molecule has 0 saturated carbocycles. The number of anilines is 4. The third-order valence-corrected chi connectivity index (χ3v) is 8.48. The van der Waals surface area contributed by atoms with Gasteiger partial charge in [-0.25, -0.2) is 14.4 Å². The molecule has 2 saturated heterocycles. The van der Waals surface area contributed by atoms with Crippen LogP contribution in [0.3, 0.4) is 0 Å². The molecular formula is C31H38F4N8O2. The maximum atomic E-state index is 14.5. The number of aromatic nitrogens is 4. The van der Waals surface area contributed by atoms with Crippen LogP contribution >= 0.6 is 0 Å². The molecule has 2 fully saturated rings. The minimum Gasteiger partial charge on any atom is -0.483 e. The van der Waals surface area contributed by atoms with Crippen LogP contribution in [-0.2, 0) is 4.74 Å². The maximum absolute atomic E-state index is 14.5. The summed E-state index contributed by atoms with van der Waals surface area (Å²) in [7, 11) is 3.57. The minimum absolute atomic E-state index is 0.0206. The number of hydrogen-bond donors (Lipinski definition) is 1. The first-order chi connectivity index (χ1) is 21.5. The number of benzene rings is 1. The molecule has 4 aromatic rings. The van der Waals surface area contributed by atoms with Gasteiger partial charge in [0.1, 0.15) is 23.6 Å². The molecule has 1 N–H and O–H groups in total.